The highest BCUT2D eigenvalue weighted by Gasteiger charge is 2.50. The first kappa shape index (κ1) is 18.3. The summed E-state index contributed by atoms with van der Waals surface area (Å²) in [5, 5.41) is 2.62. The topological polar surface area (TPSA) is 67.9 Å². The van der Waals surface area contributed by atoms with Crippen molar-refractivity contribution in [2.75, 3.05) is 0 Å². The van der Waals surface area contributed by atoms with Crippen LogP contribution in [0, 0.1) is 6.92 Å². The number of imide groups is 1. The van der Waals surface area contributed by atoms with Crippen LogP contribution in [0.5, 0.6) is 11.5 Å². The number of benzene rings is 1. The molecule has 26 heavy (non-hydrogen) atoms. The predicted molar refractivity (Wildman–Crippen MR) is 84.8 cm³/mol. The zero-order valence-electron chi connectivity index (χ0n) is 14.5. The SMILES string of the molecule is Cc1ccc(OC2CC(N3C(=O)NC(C)(C)C3=O)C2)cc1OC(F)(F)F. The highest BCUT2D eigenvalue weighted by molar-refractivity contribution is 6.06. The highest BCUT2D eigenvalue weighted by atomic mass is 19.4. The van der Waals surface area contributed by atoms with E-state index in [0.29, 0.717) is 18.4 Å². The third-order valence-corrected chi connectivity index (χ3v) is 4.51. The smallest absolute Gasteiger partial charge is 0.490 e. The van der Waals surface area contributed by atoms with Gasteiger partial charge in [0, 0.05) is 24.9 Å². The molecular weight excluding hydrogens is 353 g/mol. The van der Waals surface area contributed by atoms with Crippen molar-refractivity contribution in [3.63, 3.8) is 0 Å². The van der Waals surface area contributed by atoms with E-state index in [1.165, 1.54) is 24.0 Å². The first-order valence-electron chi connectivity index (χ1n) is 8.15. The number of nitrogens with one attached hydrogen (secondary N) is 1. The summed E-state index contributed by atoms with van der Waals surface area (Å²) in [4.78, 5) is 25.4. The normalized spacial score (nSPS) is 24.9. The Morgan fingerprint density at radius 1 is 1.23 bits per heavy atom. The molecule has 3 rings (SSSR count). The lowest BCUT2D eigenvalue weighted by molar-refractivity contribution is -0.274. The van der Waals surface area contributed by atoms with Crippen molar-refractivity contribution in [3.8, 4) is 11.5 Å². The Balaban J connectivity index is 1.60. The van der Waals surface area contributed by atoms with Crippen LogP contribution in [0.25, 0.3) is 0 Å². The number of rotatable bonds is 4. The fraction of sp³-hybridized carbons (Fsp3) is 0.529. The molecule has 1 saturated heterocycles. The van der Waals surface area contributed by atoms with Crippen molar-refractivity contribution in [1.82, 2.24) is 10.2 Å². The second kappa shape index (κ2) is 6.07. The van der Waals surface area contributed by atoms with Gasteiger partial charge >= 0.3 is 12.4 Å². The molecule has 0 aromatic heterocycles. The molecule has 1 aliphatic carbocycles. The Morgan fingerprint density at radius 2 is 1.88 bits per heavy atom. The second-order valence-corrected chi connectivity index (χ2v) is 7.07. The molecule has 6 nitrogen and oxygen atoms in total. The first-order chi connectivity index (χ1) is 12.0. The zero-order chi connectivity index (χ0) is 19.3. The molecule has 0 unspecified atom stereocenters. The number of urea groups is 1. The number of aryl methyl sites for hydroxylation is 1. The maximum atomic E-state index is 12.4. The molecular formula is C17H19F3N2O4. The largest absolute Gasteiger partial charge is 0.573 e. The number of hydrogen-bond acceptors (Lipinski definition) is 4. The molecule has 0 bridgehead atoms. The Bertz CT molecular complexity index is 742. The van der Waals surface area contributed by atoms with Crippen molar-refractivity contribution >= 4 is 11.9 Å². The Labute approximate surface area is 148 Å². The van der Waals surface area contributed by atoms with Gasteiger partial charge in [-0.2, -0.15) is 0 Å². The van der Waals surface area contributed by atoms with Gasteiger partial charge in [-0.3, -0.25) is 9.69 Å². The average Bonchev–Trinajstić information content (AvgIpc) is 2.65. The number of halogens is 3. The average molecular weight is 372 g/mol. The summed E-state index contributed by atoms with van der Waals surface area (Å²) in [7, 11) is 0. The van der Waals surface area contributed by atoms with Crippen LogP contribution in [0.3, 0.4) is 0 Å². The van der Waals surface area contributed by atoms with Gasteiger partial charge in [0.2, 0.25) is 0 Å². The van der Waals surface area contributed by atoms with Crippen LogP contribution in [-0.2, 0) is 4.79 Å². The molecule has 0 atom stereocenters. The lowest BCUT2D eigenvalue weighted by Crippen LogP contribution is -2.52. The molecule has 1 saturated carbocycles. The minimum Gasteiger partial charge on any atom is -0.490 e. The summed E-state index contributed by atoms with van der Waals surface area (Å²) in [6.45, 7) is 4.77. The maximum Gasteiger partial charge on any atom is 0.573 e. The lowest BCUT2D eigenvalue weighted by atomic mass is 9.87. The molecule has 1 aliphatic heterocycles. The monoisotopic (exact) mass is 372 g/mol. The summed E-state index contributed by atoms with van der Waals surface area (Å²) in [5.41, 5.74) is -0.591. The van der Waals surface area contributed by atoms with Crippen molar-refractivity contribution < 1.29 is 32.2 Å². The van der Waals surface area contributed by atoms with Crippen LogP contribution in [0.1, 0.15) is 32.3 Å². The van der Waals surface area contributed by atoms with Crippen LogP contribution in [0.15, 0.2) is 18.2 Å². The van der Waals surface area contributed by atoms with Gasteiger partial charge < -0.3 is 14.8 Å². The predicted octanol–water partition coefficient (Wildman–Crippen LogP) is 3.13. The summed E-state index contributed by atoms with van der Waals surface area (Å²) in [5.74, 6) is -0.361. The van der Waals surface area contributed by atoms with Crippen molar-refractivity contribution in [1.29, 1.82) is 0 Å². The molecule has 1 heterocycles. The van der Waals surface area contributed by atoms with Crippen LogP contribution >= 0.6 is 0 Å². The molecule has 2 fully saturated rings. The standard InChI is InChI=1S/C17H19F3N2O4/c1-9-4-5-11(8-13(9)26-17(18,19)20)25-12-6-10(7-12)22-14(23)16(2,3)21-15(22)24/h4-5,8,10,12H,6-7H2,1-3H3,(H,21,24). The van der Waals surface area contributed by atoms with E-state index in [0.717, 1.165) is 0 Å². The van der Waals surface area contributed by atoms with Gasteiger partial charge in [-0.15, -0.1) is 13.2 Å². The summed E-state index contributed by atoms with van der Waals surface area (Å²) >= 11 is 0. The molecule has 0 radical (unpaired) electrons. The van der Waals surface area contributed by atoms with Crippen molar-refractivity contribution in [2.45, 2.75) is 57.7 Å². The number of amides is 3. The minimum absolute atomic E-state index is 0.246. The summed E-state index contributed by atoms with van der Waals surface area (Å²) < 4.78 is 46.9. The molecule has 0 spiro atoms. The Hall–Kier alpha value is -2.45. The highest BCUT2D eigenvalue weighted by Crippen LogP contribution is 2.35. The van der Waals surface area contributed by atoms with Gasteiger partial charge in [-0.1, -0.05) is 6.07 Å². The number of carbonyl (C=O) groups excluding carboxylic acids is 2. The zero-order valence-corrected chi connectivity index (χ0v) is 14.5. The van der Waals surface area contributed by atoms with Crippen molar-refractivity contribution in [2.24, 2.45) is 0 Å². The van der Waals surface area contributed by atoms with Gasteiger partial charge in [0.25, 0.3) is 5.91 Å². The Morgan fingerprint density at radius 3 is 2.42 bits per heavy atom. The van der Waals surface area contributed by atoms with E-state index < -0.39 is 17.9 Å². The number of nitrogens with zero attached hydrogens (tertiary/aromatic N) is 1. The van der Waals surface area contributed by atoms with Gasteiger partial charge in [-0.25, -0.2) is 4.79 Å². The van der Waals surface area contributed by atoms with E-state index in [4.69, 9.17) is 4.74 Å². The molecule has 1 aromatic carbocycles. The van der Waals surface area contributed by atoms with Gasteiger partial charge in [0.05, 0.1) is 0 Å². The second-order valence-electron chi connectivity index (χ2n) is 7.07. The van der Waals surface area contributed by atoms with Crippen LogP contribution < -0.4 is 14.8 Å². The van der Waals surface area contributed by atoms with Gasteiger partial charge in [-0.05, 0) is 32.4 Å². The van der Waals surface area contributed by atoms with E-state index in [-0.39, 0.29) is 29.6 Å². The van der Waals surface area contributed by atoms with E-state index in [2.05, 4.69) is 10.1 Å². The van der Waals surface area contributed by atoms with Gasteiger partial charge in [0.1, 0.15) is 23.1 Å². The first-order valence-corrected chi connectivity index (χ1v) is 8.15. The van der Waals surface area contributed by atoms with Crippen LogP contribution in [0.2, 0.25) is 0 Å². The lowest BCUT2D eigenvalue weighted by Gasteiger charge is -2.39. The summed E-state index contributed by atoms with van der Waals surface area (Å²) in [6, 6.07) is 3.52. The minimum atomic E-state index is -4.78. The Kier molecular flexibility index (Phi) is 4.28. The van der Waals surface area contributed by atoms with Crippen molar-refractivity contribution in [3.05, 3.63) is 23.8 Å². The molecule has 3 amide bonds. The molecule has 9 heteroatoms. The fourth-order valence-electron chi connectivity index (χ4n) is 3.03. The number of hydrogen-bond donors (Lipinski definition) is 1. The van der Waals surface area contributed by atoms with E-state index in [1.807, 2.05) is 0 Å². The fourth-order valence-corrected chi connectivity index (χ4v) is 3.03. The molecule has 2 aliphatic rings. The van der Waals surface area contributed by atoms with Crippen LogP contribution in [-0.4, -0.2) is 40.9 Å². The number of carbonyl (C=O) groups is 2. The van der Waals surface area contributed by atoms with Crippen LogP contribution in [0.4, 0.5) is 18.0 Å². The third-order valence-electron chi connectivity index (χ3n) is 4.51. The molecule has 1 aromatic rings. The van der Waals surface area contributed by atoms with E-state index in [9.17, 15) is 22.8 Å². The molecule has 142 valence electrons. The number of alkyl halides is 3. The third kappa shape index (κ3) is 3.56. The van der Waals surface area contributed by atoms with E-state index >= 15 is 0 Å². The maximum absolute atomic E-state index is 12.4. The van der Waals surface area contributed by atoms with Gasteiger partial charge in [0.15, 0.2) is 0 Å². The summed E-state index contributed by atoms with van der Waals surface area (Å²) in [6.07, 6.45) is -4.20. The molecule has 1 N–H and O–H groups in total. The number of ether oxygens (including phenoxy) is 2. The van der Waals surface area contributed by atoms with E-state index in [1.54, 1.807) is 19.9 Å². The quantitative estimate of drug-likeness (QED) is 0.825.